The first-order chi connectivity index (χ1) is 8.15. The van der Waals surface area contributed by atoms with Crippen LogP contribution in [0.25, 0.3) is 0 Å². The van der Waals surface area contributed by atoms with E-state index < -0.39 is 0 Å². The van der Waals surface area contributed by atoms with Crippen LogP contribution in [0, 0.1) is 0 Å². The Morgan fingerprint density at radius 3 is 2.82 bits per heavy atom. The van der Waals surface area contributed by atoms with Gasteiger partial charge in [-0.1, -0.05) is 13.3 Å². The number of hydrogen-bond donors (Lipinski definition) is 1. The molecule has 1 N–H and O–H groups in total. The fraction of sp³-hybridized carbons (Fsp3) is 0.833. The number of piperazine rings is 1. The molecule has 2 saturated heterocycles. The van der Waals surface area contributed by atoms with Gasteiger partial charge in [-0.2, -0.15) is 11.8 Å². The molecule has 2 aliphatic rings. The second-order valence-corrected chi connectivity index (χ2v) is 5.94. The van der Waals surface area contributed by atoms with E-state index >= 15 is 0 Å². The predicted octanol–water partition coefficient (Wildman–Crippen LogP) is 1.01. The lowest BCUT2D eigenvalue weighted by molar-refractivity contribution is -0.151. The highest BCUT2D eigenvalue weighted by molar-refractivity contribution is 7.99. The van der Waals surface area contributed by atoms with Crippen LogP contribution in [0.5, 0.6) is 0 Å². The minimum absolute atomic E-state index is 0.0000463. The molecule has 3 unspecified atom stereocenters. The molecular weight excluding hydrogens is 236 g/mol. The van der Waals surface area contributed by atoms with Crippen molar-refractivity contribution >= 4 is 23.6 Å². The molecular formula is C12H20N2O2S. The number of hydrogen-bond acceptors (Lipinski definition) is 3. The molecule has 0 radical (unpaired) electrons. The highest BCUT2D eigenvalue weighted by Gasteiger charge is 2.41. The quantitative estimate of drug-likeness (QED) is 0.820. The minimum atomic E-state index is -0.306. The smallest absolute Gasteiger partial charge is 0.246 e. The van der Waals surface area contributed by atoms with Gasteiger partial charge in [-0.25, -0.2) is 0 Å². The summed E-state index contributed by atoms with van der Waals surface area (Å²) in [6.07, 6.45) is 2.68. The first-order valence-corrected chi connectivity index (χ1v) is 7.51. The first-order valence-electron chi connectivity index (χ1n) is 6.35. The van der Waals surface area contributed by atoms with Gasteiger partial charge >= 0.3 is 0 Å². The number of nitrogens with zero attached hydrogens (tertiary/aromatic N) is 1. The lowest BCUT2D eigenvalue weighted by Gasteiger charge is -2.40. The summed E-state index contributed by atoms with van der Waals surface area (Å²) in [5.41, 5.74) is 0. The van der Waals surface area contributed by atoms with Crippen molar-refractivity contribution in [2.24, 2.45) is 0 Å². The van der Waals surface area contributed by atoms with E-state index in [0.717, 1.165) is 30.8 Å². The Morgan fingerprint density at radius 2 is 2.24 bits per heavy atom. The van der Waals surface area contributed by atoms with Crippen LogP contribution < -0.4 is 5.32 Å². The summed E-state index contributed by atoms with van der Waals surface area (Å²) in [4.78, 5) is 26.1. The van der Waals surface area contributed by atoms with Gasteiger partial charge in [0.05, 0.1) is 0 Å². The molecule has 0 aromatic rings. The SMILES string of the molecule is CCCC1NC(=O)C(C)N(C2CCSC2)C1=O. The standard InChI is InChI=1S/C12H20N2O2S/c1-3-4-10-12(16)14(8(2)11(15)13-10)9-5-6-17-7-9/h8-10H,3-7H2,1-2H3,(H,13,15). The van der Waals surface area contributed by atoms with Crippen molar-refractivity contribution in [3.8, 4) is 0 Å². The van der Waals surface area contributed by atoms with Crippen LogP contribution in [0.1, 0.15) is 33.1 Å². The zero-order valence-electron chi connectivity index (χ0n) is 10.4. The van der Waals surface area contributed by atoms with Crippen molar-refractivity contribution in [2.45, 2.75) is 51.2 Å². The number of nitrogens with one attached hydrogen (secondary N) is 1. The van der Waals surface area contributed by atoms with Gasteiger partial charge < -0.3 is 10.2 Å². The second kappa shape index (κ2) is 5.29. The Bertz CT molecular complexity index is 316. The summed E-state index contributed by atoms with van der Waals surface area (Å²) in [5.74, 6) is 2.19. The van der Waals surface area contributed by atoms with Gasteiger partial charge in [-0.3, -0.25) is 9.59 Å². The predicted molar refractivity (Wildman–Crippen MR) is 68.9 cm³/mol. The number of thioether (sulfide) groups is 1. The Hall–Kier alpha value is -0.710. The van der Waals surface area contributed by atoms with Crippen LogP contribution in [0.2, 0.25) is 0 Å². The molecule has 0 spiro atoms. The van der Waals surface area contributed by atoms with E-state index in [-0.39, 0.29) is 29.9 Å². The molecule has 5 heteroatoms. The van der Waals surface area contributed by atoms with Crippen LogP contribution in [0.15, 0.2) is 0 Å². The van der Waals surface area contributed by atoms with Gasteiger partial charge in [0.2, 0.25) is 11.8 Å². The highest BCUT2D eigenvalue weighted by atomic mass is 32.2. The molecule has 0 aromatic heterocycles. The van der Waals surface area contributed by atoms with Crippen LogP contribution in [0.4, 0.5) is 0 Å². The Balaban J connectivity index is 2.14. The molecule has 2 heterocycles. The van der Waals surface area contributed by atoms with Gasteiger partial charge in [0.15, 0.2) is 0 Å². The van der Waals surface area contributed by atoms with E-state index in [0.29, 0.717) is 0 Å². The lowest BCUT2D eigenvalue weighted by atomic mass is 10.0. The van der Waals surface area contributed by atoms with Crippen LogP contribution in [0.3, 0.4) is 0 Å². The van der Waals surface area contributed by atoms with Crippen molar-refractivity contribution in [3.63, 3.8) is 0 Å². The average Bonchev–Trinajstić information content (AvgIpc) is 2.80. The van der Waals surface area contributed by atoms with Crippen LogP contribution in [-0.4, -0.2) is 46.3 Å². The fourth-order valence-corrected chi connectivity index (χ4v) is 3.78. The van der Waals surface area contributed by atoms with E-state index in [1.54, 1.807) is 0 Å². The van der Waals surface area contributed by atoms with Gasteiger partial charge in [-0.05, 0) is 25.5 Å². The third-order valence-corrected chi connectivity index (χ3v) is 4.69. The van der Waals surface area contributed by atoms with Gasteiger partial charge in [0, 0.05) is 11.8 Å². The van der Waals surface area contributed by atoms with Gasteiger partial charge in [0.25, 0.3) is 0 Å². The number of amides is 2. The third-order valence-electron chi connectivity index (χ3n) is 3.54. The van der Waals surface area contributed by atoms with Gasteiger partial charge in [0.1, 0.15) is 12.1 Å². The molecule has 2 fully saturated rings. The van der Waals surface area contributed by atoms with Crippen molar-refractivity contribution in [1.29, 1.82) is 0 Å². The Kier molecular flexibility index (Phi) is 3.97. The van der Waals surface area contributed by atoms with E-state index in [1.165, 1.54) is 0 Å². The Morgan fingerprint density at radius 1 is 1.47 bits per heavy atom. The van der Waals surface area contributed by atoms with Crippen LogP contribution in [-0.2, 0) is 9.59 Å². The van der Waals surface area contributed by atoms with E-state index in [1.807, 2.05) is 30.5 Å². The van der Waals surface area contributed by atoms with Crippen molar-refractivity contribution in [3.05, 3.63) is 0 Å². The molecule has 0 bridgehead atoms. The summed E-state index contributed by atoms with van der Waals surface area (Å²) in [6, 6.07) is -0.346. The summed E-state index contributed by atoms with van der Waals surface area (Å²) in [5, 5.41) is 2.83. The molecule has 2 aliphatic heterocycles. The zero-order chi connectivity index (χ0) is 12.4. The van der Waals surface area contributed by atoms with E-state index in [9.17, 15) is 9.59 Å². The third kappa shape index (κ3) is 2.44. The fourth-order valence-electron chi connectivity index (χ4n) is 2.57. The molecule has 2 rings (SSSR count). The van der Waals surface area contributed by atoms with Gasteiger partial charge in [-0.15, -0.1) is 0 Å². The molecule has 2 amide bonds. The maximum absolute atomic E-state index is 12.4. The molecule has 4 nitrogen and oxygen atoms in total. The summed E-state index contributed by atoms with van der Waals surface area (Å²) < 4.78 is 0. The number of carbonyl (C=O) groups excluding carboxylic acids is 2. The maximum atomic E-state index is 12.4. The molecule has 0 aromatic carbocycles. The van der Waals surface area contributed by atoms with Crippen molar-refractivity contribution in [2.75, 3.05) is 11.5 Å². The first kappa shape index (κ1) is 12.7. The summed E-state index contributed by atoms with van der Waals surface area (Å²) in [7, 11) is 0. The Labute approximate surface area is 106 Å². The maximum Gasteiger partial charge on any atom is 0.246 e. The lowest BCUT2D eigenvalue weighted by Crippen LogP contribution is -2.64. The molecule has 0 saturated carbocycles. The molecule has 96 valence electrons. The highest BCUT2D eigenvalue weighted by Crippen LogP contribution is 2.26. The monoisotopic (exact) mass is 256 g/mol. The summed E-state index contributed by atoms with van der Waals surface area (Å²) >= 11 is 1.87. The minimum Gasteiger partial charge on any atom is -0.343 e. The van der Waals surface area contributed by atoms with Crippen LogP contribution >= 0.6 is 11.8 Å². The molecule has 17 heavy (non-hydrogen) atoms. The number of rotatable bonds is 3. The normalized spacial score (nSPS) is 34.0. The average molecular weight is 256 g/mol. The number of carbonyl (C=O) groups is 2. The van der Waals surface area contributed by atoms with Crippen molar-refractivity contribution < 1.29 is 9.59 Å². The second-order valence-electron chi connectivity index (χ2n) is 4.79. The molecule has 0 aliphatic carbocycles. The van der Waals surface area contributed by atoms with Crippen molar-refractivity contribution in [1.82, 2.24) is 10.2 Å². The summed E-state index contributed by atoms with van der Waals surface area (Å²) in [6.45, 7) is 3.87. The zero-order valence-corrected chi connectivity index (χ0v) is 11.3. The largest absolute Gasteiger partial charge is 0.343 e. The topological polar surface area (TPSA) is 49.4 Å². The van der Waals surface area contributed by atoms with E-state index in [4.69, 9.17) is 0 Å². The molecule has 3 atom stereocenters. The van der Waals surface area contributed by atoms with E-state index in [2.05, 4.69) is 5.32 Å².